The second-order valence-corrected chi connectivity index (χ2v) is 8.00. The van der Waals surface area contributed by atoms with Crippen LogP contribution in [0.1, 0.15) is 0 Å². The number of nitrogens with one attached hydrogen (secondary N) is 2. The lowest BCUT2D eigenvalue weighted by molar-refractivity contribution is 1.07. The van der Waals surface area contributed by atoms with E-state index in [1.54, 1.807) is 17.7 Å². The highest BCUT2D eigenvalue weighted by Gasteiger charge is 2.15. The third kappa shape index (κ3) is 3.93. The Hall–Kier alpha value is -3.91. The summed E-state index contributed by atoms with van der Waals surface area (Å²) in [4.78, 5) is 16.2. The van der Waals surface area contributed by atoms with Gasteiger partial charge in [0.05, 0.1) is 5.69 Å². The van der Waals surface area contributed by atoms with Gasteiger partial charge in [-0.25, -0.2) is 4.98 Å². The molecule has 3 aromatic heterocycles. The average molecular weight is 428 g/mol. The summed E-state index contributed by atoms with van der Waals surface area (Å²) in [5, 5.41) is 10.9. The summed E-state index contributed by atoms with van der Waals surface area (Å²) in [6.07, 6.45) is 1.79. The molecule has 5 rings (SSSR count). The minimum absolute atomic E-state index is 0.499. The number of aromatic nitrogens is 4. The zero-order valence-corrected chi connectivity index (χ0v) is 18.0. The van der Waals surface area contributed by atoms with Gasteiger partial charge in [-0.1, -0.05) is 24.3 Å². The lowest BCUT2D eigenvalue weighted by Crippen LogP contribution is -2.09. The van der Waals surface area contributed by atoms with Gasteiger partial charge in [-0.3, -0.25) is 4.57 Å². The molecule has 0 saturated carbocycles. The molecule has 2 N–H and O–H groups in total. The van der Waals surface area contributed by atoms with Crippen molar-refractivity contribution in [2.75, 3.05) is 29.6 Å². The number of imidazole rings is 1. The summed E-state index contributed by atoms with van der Waals surface area (Å²) >= 11 is 1.64. The molecule has 7 nitrogen and oxygen atoms in total. The van der Waals surface area contributed by atoms with E-state index in [1.807, 2.05) is 72.6 Å². The Morgan fingerprint density at radius 1 is 0.903 bits per heavy atom. The van der Waals surface area contributed by atoms with Crippen molar-refractivity contribution in [3.05, 3.63) is 77.8 Å². The number of rotatable bonds is 6. The molecular formula is C23H21N7S. The van der Waals surface area contributed by atoms with E-state index in [1.165, 1.54) is 0 Å². The standard InChI is InChI=1S/C23H21N7S/c1-29(2)18-10-6-9-17(13-18)26-23-27-21(25-16-7-4-3-5-8-16)20-22(28-23)30(15-24-20)19-11-12-31-14-19/h3-15H,1-2H3,(H2,25,26,27,28). The Labute approximate surface area is 184 Å². The maximum Gasteiger partial charge on any atom is 0.231 e. The van der Waals surface area contributed by atoms with Crippen molar-refractivity contribution in [2.24, 2.45) is 0 Å². The minimum Gasteiger partial charge on any atom is -0.378 e. The van der Waals surface area contributed by atoms with Crippen LogP contribution in [0.3, 0.4) is 0 Å². The van der Waals surface area contributed by atoms with E-state index >= 15 is 0 Å². The molecule has 0 amide bonds. The van der Waals surface area contributed by atoms with Crippen LogP contribution in [0.25, 0.3) is 16.9 Å². The maximum absolute atomic E-state index is 4.79. The van der Waals surface area contributed by atoms with E-state index < -0.39 is 0 Å². The largest absolute Gasteiger partial charge is 0.378 e. The average Bonchev–Trinajstić information content (AvgIpc) is 3.44. The Morgan fingerprint density at radius 3 is 2.52 bits per heavy atom. The first-order chi connectivity index (χ1) is 15.2. The third-order valence-electron chi connectivity index (χ3n) is 4.84. The summed E-state index contributed by atoms with van der Waals surface area (Å²) in [7, 11) is 4.03. The fourth-order valence-electron chi connectivity index (χ4n) is 3.28. The number of fused-ring (bicyclic) bond motifs is 1. The van der Waals surface area contributed by atoms with Crippen molar-refractivity contribution < 1.29 is 0 Å². The first-order valence-electron chi connectivity index (χ1n) is 9.81. The van der Waals surface area contributed by atoms with Gasteiger partial charge in [0, 0.05) is 36.5 Å². The molecule has 0 saturated heterocycles. The van der Waals surface area contributed by atoms with Gasteiger partial charge in [0.1, 0.15) is 6.33 Å². The molecule has 3 heterocycles. The van der Waals surface area contributed by atoms with E-state index in [4.69, 9.17) is 9.97 Å². The third-order valence-corrected chi connectivity index (χ3v) is 5.51. The summed E-state index contributed by atoms with van der Waals surface area (Å²) in [6.45, 7) is 0. The summed E-state index contributed by atoms with van der Waals surface area (Å²) in [6, 6.07) is 20.1. The molecule has 2 aromatic carbocycles. The van der Waals surface area contributed by atoms with Crippen LogP contribution in [0, 0.1) is 0 Å². The van der Waals surface area contributed by atoms with Gasteiger partial charge in [0.15, 0.2) is 17.0 Å². The predicted octanol–water partition coefficient (Wildman–Crippen LogP) is 5.43. The summed E-state index contributed by atoms with van der Waals surface area (Å²) in [5.41, 5.74) is 5.42. The van der Waals surface area contributed by atoms with Crippen LogP contribution in [-0.2, 0) is 0 Å². The van der Waals surface area contributed by atoms with Crippen molar-refractivity contribution in [3.8, 4) is 5.69 Å². The molecular weight excluding hydrogens is 406 g/mol. The van der Waals surface area contributed by atoms with Gasteiger partial charge >= 0.3 is 0 Å². The van der Waals surface area contributed by atoms with Gasteiger partial charge in [-0.2, -0.15) is 21.3 Å². The molecule has 0 fully saturated rings. The van der Waals surface area contributed by atoms with E-state index in [-0.39, 0.29) is 0 Å². The Morgan fingerprint density at radius 2 is 1.74 bits per heavy atom. The van der Waals surface area contributed by atoms with Crippen molar-refractivity contribution in [3.63, 3.8) is 0 Å². The Balaban J connectivity index is 1.60. The van der Waals surface area contributed by atoms with Crippen LogP contribution in [0.2, 0.25) is 0 Å². The zero-order valence-electron chi connectivity index (χ0n) is 17.1. The first-order valence-corrected chi connectivity index (χ1v) is 10.8. The molecule has 0 spiro atoms. The van der Waals surface area contributed by atoms with E-state index in [9.17, 15) is 0 Å². The quantitative estimate of drug-likeness (QED) is 0.376. The smallest absolute Gasteiger partial charge is 0.231 e. The number of hydrogen-bond acceptors (Lipinski definition) is 7. The van der Waals surface area contributed by atoms with Crippen LogP contribution in [-0.4, -0.2) is 33.6 Å². The lowest BCUT2D eigenvalue weighted by Gasteiger charge is -2.14. The van der Waals surface area contributed by atoms with E-state index in [0.29, 0.717) is 17.3 Å². The molecule has 5 aromatic rings. The van der Waals surface area contributed by atoms with Crippen LogP contribution in [0.15, 0.2) is 77.8 Å². The second-order valence-electron chi connectivity index (χ2n) is 7.22. The molecule has 0 radical (unpaired) electrons. The second kappa shape index (κ2) is 8.08. The Kier molecular flexibility index (Phi) is 4.97. The molecule has 0 unspecified atom stereocenters. The molecule has 154 valence electrons. The highest BCUT2D eigenvalue weighted by molar-refractivity contribution is 7.08. The fourth-order valence-corrected chi connectivity index (χ4v) is 3.90. The molecule has 8 heteroatoms. The Bertz CT molecular complexity index is 1310. The van der Waals surface area contributed by atoms with Crippen LogP contribution < -0.4 is 15.5 Å². The van der Waals surface area contributed by atoms with Crippen molar-refractivity contribution in [2.45, 2.75) is 0 Å². The highest BCUT2D eigenvalue weighted by atomic mass is 32.1. The number of hydrogen-bond donors (Lipinski definition) is 2. The SMILES string of the molecule is CN(C)c1cccc(Nc2nc(Nc3ccccc3)c3ncn(-c4ccsc4)c3n2)c1. The predicted molar refractivity (Wildman–Crippen MR) is 128 cm³/mol. The van der Waals surface area contributed by atoms with Crippen molar-refractivity contribution >= 4 is 51.3 Å². The number of benzene rings is 2. The molecule has 31 heavy (non-hydrogen) atoms. The van der Waals surface area contributed by atoms with Crippen LogP contribution in [0.4, 0.5) is 28.8 Å². The van der Waals surface area contributed by atoms with Crippen LogP contribution in [0.5, 0.6) is 0 Å². The first kappa shape index (κ1) is 19.1. The van der Waals surface area contributed by atoms with Gasteiger partial charge in [-0.05, 0) is 41.8 Å². The number of nitrogens with zero attached hydrogens (tertiary/aromatic N) is 5. The van der Waals surface area contributed by atoms with Gasteiger partial charge in [0.2, 0.25) is 5.95 Å². The van der Waals surface area contributed by atoms with E-state index in [0.717, 1.165) is 28.4 Å². The molecule has 0 bridgehead atoms. The van der Waals surface area contributed by atoms with Crippen molar-refractivity contribution in [1.82, 2.24) is 19.5 Å². The topological polar surface area (TPSA) is 70.9 Å². The minimum atomic E-state index is 0.499. The summed E-state index contributed by atoms with van der Waals surface area (Å²) < 4.78 is 1.98. The van der Waals surface area contributed by atoms with Crippen LogP contribution >= 0.6 is 11.3 Å². The maximum atomic E-state index is 4.79. The van der Waals surface area contributed by atoms with Crippen molar-refractivity contribution in [1.29, 1.82) is 0 Å². The number of para-hydroxylation sites is 1. The van der Waals surface area contributed by atoms with Gasteiger partial charge < -0.3 is 15.5 Å². The van der Waals surface area contributed by atoms with E-state index in [2.05, 4.69) is 38.0 Å². The molecule has 0 aliphatic rings. The molecule has 0 aliphatic carbocycles. The number of anilines is 5. The normalized spacial score (nSPS) is 10.9. The lowest BCUT2D eigenvalue weighted by atomic mass is 10.2. The van der Waals surface area contributed by atoms with Gasteiger partial charge in [-0.15, -0.1) is 0 Å². The van der Waals surface area contributed by atoms with Gasteiger partial charge in [0.25, 0.3) is 0 Å². The summed E-state index contributed by atoms with van der Waals surface area (Å²) in [5.74, 6) is 1.15. The highest BCUT2D eigenvalue weighted by Crippen LogP contribution is 2.28. The molecule has 0 atom stereocenters. The molecule has 0 aliphatic heterocycles. The monoisotopic (exact) mass is 427 g/mol. The zero-order chi connectivity index (χ0) is 21.2. The fraction of sp³-hybridized carbons (Fsp3) is 0.0870. The number of thiophene rings is 1.